The van der Waals surface area contributed by atoms with Crippen LogP contribution in [-0.4, -0.2) is 24.7 Å². The van der Waals surface area contributed by atoms with Crippen molar-refractivity contribution in [2.45, 2.75) is 29.9 Å². The standard InChI is InChI=1S/C13H18N2OS/c1-9-13(16)15-11-8-10(4-3-7-14-2)5-6-12(11)17-9/h5-6,8-9,14H,3-4,7H2,1-2H3,(H,15,16). The van der Waals surface area contributed by atoms with Gasteiger partial charge in [-0.3, -0.25) is 4.79 Å². The van der Waals surface area contributed by atoms with Crippen molar-refractivity contribution in [1.82, 2.24) is 5.32 Å². The third kappa shape index (κ3) is 3.01. The zero-order valence-electron chi connectivity index (χ0n) is 10.2. The Morgan fingerprint density at radius 3 is 3.06 bits per heavy atom. The Morgan fingerprint density at radius 1 is 1.47 bits per heavy atom. The fraction of sp³-hybridized carbons (Fsp3) is 0.462. The first-order chi connectivity index (χ1) is 8.20. The van der Waals surface area contributed by atoms with Crippen LogP contribution in [0.4, 0.5) is 5.69 Å². The highest BCUT2D eigenvalue weighted by atomic mass is 32.2. The van der Waals surface area contributed by atoms with Crippen LogP contribution in [0.3, 0.4) is 0 Å². The van der Waals surface area contributed by atoms with Crippen molar-refractivity contribution < 1.29 is 4.79 Å². The number of amides is 1. The molecule has 0 saturated heterocycles. The van der Waals surface area contributed by atoms with Gasteiger partial charge in [0.15, 0.2) is 0 Å². The maximum atomic E-state index is 11.6. The largest absolute Gasteiger partial charge is 0.324 e. The Kier molecular flexibility index (Phi) is 4.07. The van der Waals surface area contributed by atoms with E-state index in [1.807, 2.05) is 14.0 Å². The normalized spacial score (nSPS) is 18.7. The number of carbonyl (C=O) groups is 1. The number of hydrogen-bond acceptors (Lipinski definition) is 3. The van der Waals surface area contributed by atoms with Crippen LogP contribution in [0, 0.1) is 0 Å². The van der Waals surface area contributed by atoms with E-state index in [4.69, 9.17) is 0 Å². The van der Waals surface area contributed by atoms with E-state index in [0.717, 1.165) is 25.1 Å². The molecule has 1 aliphatic rings. The molecule has 1 atom stereocenters. The van der Waals surface area contributed by atoms with E-state index < -0.39 is 0 Å². The number of anilines is 1. The first-order valence-corrected chi connectivity index (χ1v) is 6.83. The number of carbonyl (C=O) groups excluding carboxylic acids is 1. The molecule has 0 spiro atoms. The lowest BCUT2D eigenvalue weighted by atomic mass is 10.1. The Bertz CT molecular complexity index is 420. The van der Waals surface area contributed by atoms with Gasteiger partial charge in [-0.05, 0) is 51.1 Å². The molecule has 1 aliphatic heterocycles. The number of fused-ring (bicyclic) bond motifs is 1. The summed E-state index contributed by atoms with van der Waals surface area (Å²) in [5.74, 6) is 0.106. The second kappa shape index (κ2) is 5.56. The van der Waals surface area contributed by atoms with Crippen LogP contribution in [0.1, 0.15) is 18.9 Å². The monoisotopic (exact) mass is 250 g/mol. The highest BCUT2D eigenvalue weighted by Crippen LogP contribution is 2.35. The van der Waals surface area contributed by atoms with Crippen LogP contribution in [0.25, 0.3) is 0 Å². The fourth-order valence-corrected chi connectivity index (χ4v) is 2.81. The van der Waals surface area contributed by atoms with Crippen LogP contribution >= 0.6 is 11.8 Å². The number of rotatable bonds is 4. The summed E-state index contributed by atoms with van der Waals surface area (Å²) in [5, 5.41) is 6.12. The van der Waals surface area contributed by atoms with Gasteiger partial charge < -0.3 is 10.6 Å². The van der Waals surface area contributed by atoms with Gasteiger partial charge in [-0.25, -0.2) is 0 Å². The summed E-state index contributed by atoms with van der Waals surface area (Å²) >= 11 is 1.63. The Labute approximate surface area is 106 Å². The second-order valence-corrected chi connectivity index (χ2v) is 5.67. The Morgan fingerprint density at radius 2 is 2.29 bits per heavy atom. The van der Waals surface area contributed by atoms with Crippen LogP contribution in [0.2, 0.25) is 0 Å². The molecule has 0 aliphatic carbocycles. The smallest absolute Gasteiger partial charge is 0.237 e. The summed E-state index contributed by atoms with van der Waals surface area (Å²) in [4.78, 5) is 12.8. The van der Waals surface area contributed by atoms with E-state index in [9.17, 15) is 4.79 Å². The van der Waals surface area contributed by atoms with Gasteiger partial charge in [-0.15, -0.1) is 11.8 Å². The molecule has 0 fully saturated rings. The Hall–Kier alpha value is -1.000. The van der Waals surface area contributed by atoms with Crippen molar-refractivity contribution >= 4 is 23.4 Å². The van der Waals surface area contributed by atoms with Gasteiger partial charge in [0.25, 0.3) is 0 Å². The first-order valence-electron chi connectivity index (χ1n) is 5.96. The summed E-state index contributed by atoms with van der Waals surface area (Å²) in [6.45, 7) is 2.96. The van der Waals surface area contributed by atoms with E-state index in [1.54, 1.807) is 11.8 Å². The summed E-state index contributed by atoms with van der Waals surface area (Å²) in [5.41, 5.74) is 2.26. The molecule has 0 saturated carbocycles. The predicted octanol–water partition coefficient (Wildman–Crippen LogP) is 2.27. The van der Waals surface area contributed by atoms with Crippen molar-refractivity contribution in [3.05, 3.63) is 23.8 Å². The number of aryl methyl sites for hydroxylation is 1. The molecular formula is C13H18N2OS. The number of benzene rings is 1. The molecule has 1 aromatic rings. The third-order valence-corrected chi connectivity index (χ3v) is 4.04. The minimum Gasteiger partial charge on any atom is -0.324 e. The fourth-order valence-electron chi connectivity index (χ4n) is 1.88. The number of nitrogens with one attached hydrogen (secondary N) is 2. The molecule has 0 aromatic heterocycles. The van der Waals surface area contributed by atoms with Crippen LogP contribution < -0.4 is 10.6 Å². The van der Waals surface area contributed by atoms with E-state index in [0.29, 0.717) is 0 Å². The highest BCUT2D eigenvalue weighted by Gasteiger charge is 2.22. The van der Waals surface area contributed by atoms with E-state index in [2.05, 4.69) is 28.8 Å². The maximum Gasteiger partial charge on any atom is 0.237 e. The average molecular weight is 250 g/mol. The SMILES string of the molecule is CNCCCc1ccc2c(c1)NC(=O)C(C)S2. The number of hydrogen-bond donors (Lipinski definition) is 2. The van der Waals surface area contributed by atoms with Gasteiger partial charge >= 0.3 is 0 Å². The molecule has 3 nitrogen and oxygen atoms in total. The zero-order valence-corrected chi connectivity index (χ0v) is 11.1. The van der Waals surface area contributed by atoms with Gasteiger partial charge in [0.2, 0.25) is 5.91 Å². The van der Waals surface area contributed by atoms with Crippen molar-refractivity contribution in [1.29, 1.82) is 0 Å². The van der Waals surface area contributed by atoms with Gasteiger partial charge in [0.05, 0.1) is 10.9 Å². The molecule has 4 heteroatoms. The molecule has 0 bridgehead atoms. The molecule has 0 radical (unpaired) electrons. The lowest BCUT2D eigenvalue weighted by molar-refractivity contribution is -0.115. The molecule has 2 rings (SSSR count). The zero-order chi connectivity index (χ0) is 12.3. The molecular weight excluding hydrogens is 232 g/mol. The van der Waals surface area contributed by atoms with Crippen molar-refractivity contribution in [2.75, 3.05) is 18.9 Å². The van der Waals surface area contributed by atoms with Gasteiger partial charge in [-0.1, -0.05) is 6.07 Å². The van der Waals surface area contributed by atoms with Crippen LogP contribution in [-0.2, 0) is 11.2 Å². The quantitative estimate of drug-likeness (QED) is 0.805. The average Bonchev–Trinajstić information content (AvgIpc) is 2.31. The van der Waals surface area contributed by atoms with E-state index in [-0.39, 0.29) is 11.2 Å². The molecule has 1 amide bonds. The summed E-state index contributed by atoms with van der Waals surface area (Å²) in [6.07, 6.45) is 2.16. The molecule has 17 heavy (non-hydrogen) atoms. The van der Waals surface area contributed by atoms with Crippen molar-refractivity contribution in [3.63, 3.8) is 0 Å². The number of thioether (sulfide) groups is 1. The topological polar surface area (TPSA) is 41.1 Å². The second-order valence-electron chi connectivity index (χ2n) is 4.29. The highest BCUT2D eigenvalue weighted by molar-refractivity contribution is 8.00. The minimum atomic E-state index is 0.0117. The predicted molar refractivity (Wildman–Crippen MR) is 72.6 cm³/mol. The van der Waals surface area contributed by atoms with E-state index >= 15 is 0 Å². The van der Waals surface area contributed by atoms with Gasteiger partial charge in [0.1, 0.15) is 0 Å². The van der Waals surface area contributed by atoms with Gasteiger partial charge in [0, 0.05) is 4.90 Å². The molecule has 92 valence electrons. The van der Waals surface area contributed by atoms with Crippen LogP contribution in [0.15, 0.2) is 23.1 Å². The molecule has 1 unspecified atom stereocenters. The molecule has 2 N–H and O–H groups in total. The lowest BCUT2D eigenvalue weighted by Crippen LogP contribution is -2.26. The van der Waals surface area contributed by atoms with Gasteiger partial charge in [-0.2, -0.15) is 0 Å². The minimum absolute atomic E-state index is 0.0117. The maximum absolute atomic E-state index is 11.6. The summed E-state index contributed by atoms with van der Waals surface area (Å²) < 4.78 is 0. The van der Waals surface area contributed by atoms with Crippen LogP contribution in [0.5, 0.6) is 0 Å². The first kappa shape index (κ1) is 12.5. The molecule has 1 heterocycles. The Balaban J connectivity index is 2.09. The summed E-state index contributed by atoms with van der Waals surface area (Å²) in [7, 11) is 1.96. The van der Waals surface area contributed by atoms with Crippen molar-refractivity contribution in [3.8, 4) is 0 Å². The third-order valence-electron chi connectivity index (χ3n) is 2.87. The summed E-state index contributed by atoms with van der Waals surface area (Å²) in [6, 6.07) is 6.37. The lowest BCUT2D eigenvalue weighted by Gasteiger charge is -2.21. The van der Waals surface area contributed by atoms with Crippen molar-refractivity contribution in [2.24, 2.45) is 0 Å². The van der Waals surface area contributed by atoms with E-state index in [1.165, 1.54) is 10.5 Å². The molecule has 1 aromatic carbocycles.